The summed E-state index contributed by atoms with van der Waals surface area (Å²) in [7, 11) is 1.43. The number of alkyl halides is 1. The van der Waals surface area contributed by atoms with E-state index in [0.717, 1.165) is 6.07 Å². The normalized spacial score (nSPS) is 9.77. The van der Waals surface area contributed by atoms with Gasteiger partial charge in [0.15, 0.2) is 5.78 Å². The van der Waals surface area contributed by atoms with Gasteiger partial charge in [-0.1, -0.05) is 0 Å². The molecule has 13 heavy (non-hydrogen) atoms. The quantitative estimate of drug-likeness (QED) is 0.555. The Morgan fingerprint density at radius 2 is 2.31 bits per heavy atom. The van der Waals surface area contributed by atoms with Crippen molar-refractivity contribution in [2.24, 2.45) is 0 Å². The van der Waals surface area contributed by atoms with Crippen LogP contribution in [0.25, 0.3) is 0 Å². The van der Waals surface area contributed by atoms with Gasteiger partial charge in [0.2, 0.25) is 0 Å². The molecular weight excluding hydrogens is 195 g/mol. The third-order valence-electron chi connectivity index (χ3n) is 1.60. The zero-order valence-electron chi connectivity index (χ0n) is 7.01. The van der Waals surface area contributed by atoms with E-state index in [9.17, 15) is 9.18 Å². The van der Waals surface area contributed by atoms with Crippen molar-refractivity contribution in [1.29, 1.82) is 0 Å². The van der Waals surface area contributed by atoms with E-state index in [2.05, 4.69) is 0 Å². The summed E-state index contributed by atoms with van der Waals surface area (Å²) < 4.78 is 17.9. The number of hydrogen-bond donors (Lipinski definition) is 0. The largest absolute Gasteiger partial charge is 0.497 e. The van der Waals surface area contributed by atoms with Crippen LogP contribution in [0.15, 0.2) is 18.2 Å². The third-order valence-corrected chi connectivity index (χ3v) is 1.84. The maximum atomic E-state index is 13.1. The first-order valence-electron chi connectivity index (χ1n) is 3.61. The van der Waals surface area contributed by atoms with Gasteiger partial charge in [-0.3, -0.25) is 4.79 Å². The highest BCUT2D eigenvalue weighted by Crippen LogP contribution is 2.16. The van der Waals surface area contributed by atoms with Crippen LogP contribution in [0.3, 0.4) is 0 Å². The zero-order chi connectivity index (χ0) is 9.84. The van der Waals surface area contributed by atoms with Crippen LogP contribution in [0.1, 0.15) is 10.4 Å². The summed E-state index contributed by atoms with van der Waals surface area (Å²) in [5.41, 5.74) is -0.00389. The summed E-state index contributed by atoms with van der Waals surface area (Å²) in [6.07, 6.45) is 0. The van der Waals surface area contributed by atoms with Crippen LogP contribution in [0, 0.1) is 5.82 Å². The molecular formula is C9H8ClFO2. The van der Waals surface area contributed by atoms with E-state index < -0.39 is 11.6 Å². The molecule has 0 amide bonds. The lowest BCUT2D eigenvalue weighted by molar-refractivity contribution is 0.101. The Morgan fingerprint density at radius 3 is 2.77 bits per heavy atom. The molecule has 0 saturated heterocycles. The summed E-state index contributed by atoms with van der Waals surface area (Å²) in [5, 5.41) is 0. The number of hydrogen-bond acceptors (Lipinski definition) is 2. The Bertz CT molecular complexity index is 325. The van der Waals surface area contributed by atoms with Gasteiger partial charge < -0.3 is 4.74 Å². The van der Waals surface area contributed by atoms with Gasteiger partial charge in [-0.05, 0) is 12.1 Å². The first-order valence-corrected chi connectivity index (χ1v) is 4.15. The molecule has 0 radical (unpaired) electrons. The van der Waals surface area contributed by atoms with Crippen LogP contribution < -0.4 is 4.74 Å². The Kier molecular flexibility index (Phi) is 3.25. The molecule has 0 atom stereocenters. The Hall–Kier alpha value is -1.09. The molecule has 1 aromatic rings. The van der Waals surface area contributed by atoms with Crippen molar-refractivity contribution in [2.75, 3.05) is 13.0 Å². The molecule has 0 aliphatic rings. The van der Waals surface area contributed by atoms with Crippen molar-refractivity contribution in [2.45, 2.75) is 0 Å². The number of rotatable bonds is 3. The van der Waals surface area contributed by atoms with Crippen molar-refractivity contribution in [3.63, 3.8) is 0 Å². The van der Waals surface area contributed by atoms with Gasteiger partial charge in [0.05, 0.1) is 18.6 Å². The molecule has 70 valence electrons. The number of halogens is 2. The summed E-state index contributed by atoms with van der Waals surface area (Å²) in [4.78, 5) is 11.0. The van der Waals surface area contributed by atoms with Crippen LogP contribution >= 0.6 is 11.6 Å². The first kappa shape index (κ1) is 9.99. The molecule has 0 fully saturated rings. The number of ketones is 1. The molecule has 0 aliphatic heterocycles. The molecule has 0 unspecified atom stereocenters. The van der Waals surface area contributed by atoms with Crippen molar-refractivity contribution in [3.05, 3.63) is 29.6 Å². The lowest BCUT2D eigenvalue weighted by atomic mass is 10.1. The van der Waals surface area contributed by atoms with E-state index in [4.69, 9.17) is 16.3 Å². The van der Waals surface area contributed by atoms with Crippen LogP contribution in [-0.2, 0) is 0 Å². The van der Waals surface area contributed by atoms with Crippen LogP contribution in [0.2, 0.25) is 0 Å². The molecule has 0 aromatic heterocycles. The van der Waals surface area contributed by atoms with E-state index in [0.29, 0.717) is 5.75 Å². The average molecular weight is 203 g/mol. The van der Waals surface area contributed by atoms with E-state index >= 15 is 0 Å². The standard InChI is InChI=1S/C9H8ClFO2/c1-13-6-2-3-7(8(11)4-6)9(12)5-10/h2-4H,5H2,1H3. The monoisotopic (exact) mass is 202 g/mol. The number of methoxy groups -OCH3 is 1. The van der Waals surface area contributed by atoms with Gasteiger partial charge >= 0.3 is 0 Å². The number of carbonyl (C=O) groups is 1. The minimum Gasteiger partial charge on any atom is -0.497 e. The third kappa shape index (κ3) is 2.18. The predicted molar refractivity (Wildman–Crippen MR) is 48.0 cm³/mol. The van der Waals surface area contributed by atoms with Gasteiger partial charge in [0.1, 0.15) is 11.6 Å². The molecule has 0 spiro atoms. The smallest absolute Gasteiger partial charge is 0.180 e. The van der Waals surface area contributed by atoms with Crippen LogP contribution in [-0.4, -0.2) is 18.8 Å². The van der Waals surface area contributed by atoms with Gasteiger partial charge in [0.25, 0.3) is 0 Å². The molecule has 0 saturated carbocycles. The summed E-state index contributed by atoms with van der Waals surface area (Å²) >= 11 is 5.28. The second kappa shape index (κ2) is 4.23. The molecule has 0 aliphatic carbocycles. The minimum absolute atomic E-state index is 0.00389. The number of ether oxygens (including phenoxy) is 1. The Labute approximate surface area is 80.3 Å². The topological polar surface area (TPSA) is 26.3 Å². The van der Waals surface area contributed by atoms with Crippen LogP contribution in [0.4, 0.5) is 4.39 Å². The predicted octanol–water partition coefficient (Wildman–Crippen LogP) is 2.26. The highest BCUT2D eigenvalue weighted by Gasteiger charge is 2.10. The Morgan fingerprint density at radius 1 is 1.62 bits per heavy atom. The Balaban J connectivity index is 3.05. The summed E-state index contributed by atoms with van der Waals surface area (Å²) in [5.74, 6) is -0.876. The maximum Gasteiger partial charge on any atom is 0.180 e. The molecule has 1 rings (SSSR count). The molecule has 1 aromatic carbocycles. The van der Waals surface area contributed by atoms with Crippen molar-refractivity contribution >= 4 is 17.4 Å². The van der Waals surface area contributed by atoms with Gasteiger partial charge in [-0.25, -0.2) is 4.39 Å². The average Bonchev–Trinajstić information content (AvgIpc) is 2.16. The minimum atomic E-state index is -0.606. The second-order valence-corrected chi connectivity index (χ2v) is 2.67. The fourth-order valence-corrected chi connectivity index (χ4v) is 1.06. The van der Waals surface area contributed by atoms with Crippen molar-refractivity contribution < 1.29 is 13.9 Å². The fraction of sp³-hybridized carbons (Fsp3) is 0.222. The molecule has 0 N–H and O–H groups in total. The lowest BCUT2D eigenvalue weighted by Crippen LogP contribution is -2.03. The van der Waals surface area contributed by atoms with Crippen molar-refractivity contribution in [3.8, 4) is 5.75 Å². The maximum absolute atomic E-state index is 13.1. The number of benzene rings is 1. The van der Waals surface area contributed by atoms with Gasteiger partial charge in [-0.2, -0.15) is 0 Å². The first-order chi connectivity index (χ1) is 6.19. The highest BCUT2D eigenvalue weighted by molar-refractivity contribution is 6.30. The van der Waals surface area contributed by atoms with E-state index in [1.54, 1.807) is 0 Å². The highest BCUT2D eigenvalue weighted by atomic mass is 35.5. The lowest BCUT2D eigenvalue weighted by Gasteiger charge is -2.02. The number of carbonyl (C=O) groups excluding carboxylic acids is 1. The van der Waals surface area contributed by atoms with E-state index in [1.165, 1.54) is 19.2 Å². The zero-order valence-corrected chi connectivity index (χ0v) is 7.77. The molecule has 4 heteroatoms. The van der Waals surface area contributed by atoms with Crippen LogP contribution in [0.5, 0.6) is 5.75 Å². The number of Topliss-reactive ketones (excluding diaryl/α,β-unsaturated/α-hetero) is 1. The van der Waals surface area contributed by atoms with Gasteiger partial charge in [-0.15, -0.1) is 11.6 Å². The van der Waals surface area contributed by atoms with E-state index in [-0.39, 0.29) is 11.4 Å². The SMILES string of the molecule is COc1ccc(C(=O)CCl)c(F)c1. The fourth-order valence-electron chi connectivity index (χ4n) is 0.921. The van der Waals surface area contributed by atoms with Gasteiger partial charge in [0, 0.05) is 6.07 Å². The second-order valence-electron chi connectivity index (χ2n) is 2.40. The van der Waals surface area contributed by atoms with Crippen molar-refractivity contribution in [1.82, 2.24) is 0 Å². The molecule has 0 bridgehead atoms. The van der Waals surface area contributed by atoms with E-state index in [1.807, 2.05) is 0 Å². The molecule has 2 nitrogen and oxygen atoms in total. The molecule has 0 heterocycles. The summed E-state index contributed by atoms with van der Waals surface area (Å²) in [6, 6.07) is 4.03. The summed E-state index contributed by atoms with van der Waals surface area (Å²) in [6.45, 7) is 0.